The molecule has 2 aromatic rings. The summed E-state index contributed by atoms with van der Waals surface area (Å²) in [5, 5.41) is 12.3. The van der Waals surface area contributed by atoms with Gasteiger partial charge in [0.25, 0.3) is 0 Å². The molecule has 0 aromatic carbocycles. The molecule has 162 valence electrons. The van der Waals surface area contributed by atoms with Gasteiger partial charge in [0.1, 0.15) is 0 Å². The van der Waals surface area contributed by atoms with Crippen LogP contribution in [-0.2, 0) is 11.2 Å². The molecular formula is C20H32IN5OS2. The van der Waals surface area contributed by atoms with Crippen molar-refractivity contribution in [3.63, 3.8) is 0 Å². The Morgan fingerprint density at radius 1 is 1.31 bits per heavy atom. The monoisotopic (exact) mass is 549 g/mol. The van der Waals surface area contributed by atoms with E-state index in [0.29, 0.717) is 6.04 Å². The molecule has 0 spiro atoms. The zero-order chi connectivity index (χ0) is 19.6. The number of guanidine groups is 1. The van der Waals surface area contributed by atoms with Gasteiger partial charge in [-0.2, -0.15) is 0 Å². The summed E-state index contributed by atoms with van der Waals surface area (Å²) in [4.78, 5) is 13.3. The zero-order valence-corrected chi connectivity index (χ0v) is 21.2. The van der Waals surface area contributed by atoms with Crippen LogP contribution < -0.4 is 10.6 Å². The van der Waals surface area contributed by atoms with Crippen LogP contribution in [0.3, 0.4) is 0 Å². The molecule has 2 N–H and O–H groups in total. The Kier molecular flexibility index (Phi) is 11.4. The van der Waals surface area contributed by atoms with Gasteiger partial charge in [-0.15, -0.1) is 46.7 Å². The van der Waals surface area contributed by atoms with Gasteiger partial charge in [-0.25, -0.2) is 4.98 Å². The van der Waals surface area contributed by atoms with Crippen LogP contribution in [0, 0.1) is 6.92 Å². The van der Waals surface area contributed by atoms with Gasteiger partial charge in [0.2, 0.25) is 0 Å². The Morgan fingerprint density at radius 3 is 2.79 bits per heavy atom. The molecule has 1 aliphatic rings. The van der Waals surface area contributed by atoms with E-state index in [4.69, 9.17) is 9.73 Å². The molecule has 0 radical (unpaired) electrons. The van der Waals surface area contributed by atoms with E-state index in [2.05, 4.69) is 50.3 Å². The summed E-state index contributed by atoms with van der Waals surface area (Å²) < 4.78 is 5.53. The van der Waals surface area contributed by atoms with Gasteiger partial charge in [0.15, 0.2) is 5.96 Å². The molecule has 1 atom stereocenters. The smallest absolute Gasteiger partial charge is 0.191 e. The minimum Gasteiger partial charge on any atom is -0.379 e. The molecule has 0 amide bonds. The van der Waals surface area contributed by atoms with E-state index >= 15 is 0 Å². The van der Waals surface area contributed by atoms with Crippen molar-refractivity contribution in [1.29, 1.82) is 0 Å². The van der Waals surface area contributed by atoms with Crippen LogP contribution in [0.2, 0.25) is 0 Å². The van der Waals surface area contributed by atoms with Crippen molar-refractivity contribution in [2.75, 3.05) is 45.9 Å². The SMILES string of the molecule is CCNC(=NCC(c1cccs1)N1CCOCC1)NCCCc1nc(C)cs1.I. The molecule has 29 heavy (non-hydrogen) atoms. The zero-order valence-electron chi connectivity index (χ0n) is 17.2. The summed E-state index contributed by atoms with van der Waals surface area (Å²) in [7, 11) is 0. The fraction of sp³-hybridized carbons (Fsp3) is 0.600. The topological polar surface area (TPSA) is 61.8 Å². The van der Waals surface area contributed by atoms with Crippen molar-refractivity contribution in [2.45, 2.75) is 32.7 Å². The molecule has 1 fully saturated rings. The second-order valence-electron chi connectivity index (χ2n) is 6.81. The van der Waals surface area contributed by atoms with Crippen LogP contribution in [0.15, 0.2) is 27.9 Å². The van der Waals surface area contributed by atoms with E-state index < -0.39 is 0 Å². The molecule has 9 heteroatoms. The van der Waals surface area contributed by atoms with Gasteiger partial charge < -0.3 is 15.4 Å². The number of hydrogen-bond donors (Lipinski definition) is 2. The molecule has 3 rings (SSSR count). The van der Waals surface area contributed by atoms with Crippen molar-refractivity contribution in [3.05, 3.63) is 38.5 Å². The van der Waals surface area contributed by atoms with Crippen LogP contribution in [0.25, 0.3) is 0 Å². The van der Waals surface area contributed by atoms with Gasteiger partial charge >= 0.3 is 0 Å². The number of aryl methyl sites for hydroxylation is 2. The van der Waals surface area contributed by atoms with Crippen LogP contribution in [0.1, 0.15) is 35.0 Å². The normalized spacial score (nSPS) is 16.3. The second kappa shape index (κ2) is 13.5. The minimum atomic E-state index is 0. The largest absolute Gasteiger partial charge is 0.379 e. The van der Waals surface area contributed by atoms with Gasteiger partial charge in [-0.1, -0.05) is 6.07 Å². The number of morpholine rings is 1. The lowest BCUT2D eigenvalue weighted by molar-refractivity contribution is 0.0186. The highest BCUT2D eigenvalue weighted by Gasteiger charge is 2.23. The first-order valence-electron chi connectivity index (χ1n) is 10.0. The van der Waals surface area contributed by atoms with Crippen molar-refractivity contribution in [1.82, 2.24) is 20.5 Å². The average molecular weight is 550 g/mol. The molecule has 1 unspecified atom stereocenters. The Balaban J connectivity index is 0.00000300. The Labute approximate surface area is 199 Å². The van der Waals surface area contributed by atoms with Gasteiger partial charge in [0, 0.05) is 48.6 Å². The first-order chi connectivity index (χ1) is 13.8. The lowest BCUT2D eigenvalue weighted by Gasteiger charge is -2.33. The highest BCUT2D eigenvalue weighted by Crippen LogP contribution is 2.26. The molecule has 0 aliphatic carbocycles. The number of ether oxygens (including phenoxy) is 1. The summed E-state index contributed by atoms with van der Waals surface area (Å²) >= 11 is 3.56. The number of nitrogens with zero attached hydrogens (tertiary/aromatic N) is 3. The van der Waals surface area contributed by atoms with Crippen LogP contribution in [0.4, 0.5) is 0 Å². The third kappa shape index (κ3) is 8.12. The summed E-state index contributed by atoms with van der Waals surface area (Å²) in [5.74, 6) is 0.896. The van der Waals surface area contributed by atoms with E-state index in [0.717, 1.165) is 70.4 Å². The van der Waals surface area contributed by atoms with Crippen LogP contribution >= 0.6 is 46.7 Å². The number of thiazole rings is 1. The van der Waals surface area contributed by atoms with Crippen molar-refractivity contribution in [2.24, 2.45) is 4.99 Å². The summed E-state index contributed by atoms with van der Waals surface area (Å²) in [6, 6.07) is 4.66. The van der Waals surface area contributed by atoms with Gasteiger partial charge in [-0.3, -0.25) is 9.89 Å². The molecule has 1 saturated heterocycles. The molecule has 0 bridgehead atoms. The number of aromatic nitrogens is 1. The Hall–Kier alpha value is -0.750. The predicted molar refractivity (Wildman–Crippen MR) is 134 cm³/mol. The lowest BCUT2D eigenvalue weighted by atomic mass is 10.2. The molecular weight excluding hydrogens is 517 g/mol. The maximum absolute atomic E-state index is 5.53. The van der Waals surface area contributed by atoms with E-state index in [1.165, 1.54) is 9.88 Å². The number of thiophene rings is 1. The molecule has 2 aromatic heterocycles. The van der Waals surface area contributed by atoms with E-state index in [1.807, 2.05) is 18.3 Å². The van der Waals surface area contributed by atoms with Crippen molar-refractivity contribution < 1.29 is 4.74 Å². The van der Waals surface area contributed by atoms with E-state index in [-0.39, 0.29) is 24.0 Å². The second-order valence-corrected chi connectivity index (χ2v) is 8.73. The first-order valence-corrected chi connectivity index (χ1v) is 11.8. The lowest BCUT2D eigenvalue weighted by Crippen LogP contribution is -2.41. The molecule has 3 heterocycles. The number of hydrogen-bond acceptors (Lipinski definition) is 6. The molecule has 0 saturated carbocycles. The van der Waals surface area contributed by atoms with Crippen molar-refractivity contribution >= 4 is 52.6 Å². The Morgan fingerprint density at radius 2 is 2.14 bits per heavy atom. The maximum atomic E-state index is 5.53. The Bertz CT molecular complexity index is 716. The summed E-state index contributed by atoms with van der Waals surface area (Å²) in [6.45, 7) is 10.2. The minimum absolute atomic E-state index is 0. The highest BCUT2D eigenvalue weighted by atomic mass is 127. The quantitative estimate of drug-likeness (QED) is 0.216. The summed E-state index contributed by atoms with van der Waals surface area (Å²) in [5.41, 5.74) is 1.12. The third-order valence-electron chi connectivity index (χ3n) is 4.65. The molecule has 1 aliphatic heterocycles. The number of aliphatic imine (C=N–C) groups is 1. The van der Waals surface area contributed by atoms with Gasteiger partial charge in [0.05, 0.1) is 30.8 Å². The van der Waals surface area contributed by atoms with Gasteiger partial charge in [-0.05, 0) is 31.7 Å². The predicted octanol–water partition coefficient (Wildman–Crippen LogP) is 3.69. The van der Waals surface area contributed by atoms with Crippen LogP contribution in [0.5, 0.6) is 0 Å². The first kappa shape index (κ1) is 24.5. The fourth-order valence-corrected chi connectivity index (χ4v) is 4.91. The van der Waals surface area contributed by atoms with E-state index in [9.17, 15) is 0 Å². The number of halogens is 1. The van der Waals surface area contributed by atoms with Crippen LogP contribution in [-0.4, -0.2) is 61.8 Å². The van der Waals surface area contributed by atoms with E-state index in [1.54, 1.807) is 11.3 Å². The maximum Gasteiger partial charge on any atom is 0.191 e. The number of rotatable bonds is 9. The average Bonchev–Trinajstić information content (AvgIpc) is 3.38. The molecule has 6 nitrogen and oxygen atoms in total. The standard InChI is InChI=1S/C20H31N5OS2.HI/c1-3-21-20(22-8-4-7-19-24-16(2)15-28-19)23-14-17(18-6-5-13-27-18)25-9-11-26-12-10-25;/h5-6,13,15,17H,3-4,7-12,14H2,1-2H3,(H2,21,22,23);1H. The fourth-order valence-electron chi connectivity index (χ4n) is 3.24. The third-order valence-corrected chi connectivity index (χ3v) is 6.65. The van der Waals surface area contributed by atoms with Crippen molar-refractivity contribution in [3.8, 4) is 0 Å². The highest BCUT2D eigenvalue weighted by molar-refractivity contribution is 14.0. The summed E-state index contributed by atoms with van der Waals surface area (Å²) in [6.07, 6.45) is 2.06. The number of nitrogens with one attached hydrogen (secondary N) is 2.